The molecule has 1 fully saturated rings. The Bertz CT molecular complexity index is 432. The lowest BCUT2D eigenvalue weighted by molar-refractivity contribution is -0.186. The molecule has 6 heteroatoms. The zero-order valence-corrected chi connectivity index (χ0v) is 13.7. The number of nitrogens with one attached hydrogen (secondary N) is 1. The molecule has 1 N–H and O–H groups in total. The predicted octanol–water partition coefficient (Wildman–Crippen LogP) is 5.01. The van der Waals surface area contributed by atoms with E-state index in [1.807, 2.05) is 12.4 Å². The van der Waals surface area contributed by atoms with Crippen molar-refractivity contribution in [2.45, 2.75) is 44.3 Å². The van der Waals surface area contributed by atoms with E-state index in [4.69, 9.17) is 0 Å². The molecule has 0 radical (unpaired) electrons. The average Bonchev–Trinajstić information content (AvgIpc) is 2.81. The van der Waals surface area contributed by atoms with Gasteiger partial charge in [0.2, 0.25) is 0 Å². The fourth-order valence-electron chi connectivity index (χ4n) is 3.07. The molecule has 1 aliphatic rings. The summed E-state index contributed by atoms with van der Waals surface area (Å²) in [5, 5.41) is 5.24. The summed E-state index contributed by atoms with van der Waals surface area (Å²) in [7, 11) is 1.85. The number of likely N-dealkylation sites (N-methyl/N-ethyl adjacent to an activating group) is 1. The Balaban J connectivity index is 2.00. The Morgan fingerprint density at radius 1 is 1.45 bits per heavy atom. The minimum Gasteiger partial charge on any atom is -0.316 e. The lowest BCUT2D eigenvalue weighted by Crippen LogP contribution is -2.40. The van der Waals surface area contributed by atoms with Crippen molar-refractivity contribution in [3.05, 3.63) is 20.8 Å². The van der Waals surface area contributed by atoms with Crippen LogP contribution in [0.2, 0.25) is 0 Å². The molecule has 3 atom stereocenters. The molecule has 3 unspecified atom stereocenters. The summed E-state index contributed by atoms with van der Waals surface area (Å²) in [5.74, 6) is -1.01. The van der Waals surface area contributed by atoms with Crippen molar-refractivity contribution in [1.82, 2.24) is 5.32 Å². The summed E-state index contributed by atoms with van der Waals surface area (Å²) in [6.45, 7) is 0. The highest BCUT2D eigenvalue weighted by molar-refractivity contribution is 9.10. The van der Waals surface area contributed by atoms with Crippen LogP contribution in [-0.2, 0) is 6.42 Å². The maximum atomic E-state index is 12.9. The van der Waals surface area contributed by atoms with Crippen LogP contribution in [0.1, 0.15) is 30.6 Å². The molecular weight excluding hydrogens is 351 g/mol. The average molecular weight is 370 g/mol. The molecule has 0 amide bonds. The van der Waals surface area contributed by atoms with Crippen molar-refractivity contribution in [2.24, 2.45) is 11.8 Å². The summed E-state index contributed by atoms with van der Waals surface area (Å²) >= 11 is 5.07. The van der Waals surface area contributed by atoms with E-state index in [1.165, 1.54) is 4.88 Å². The van der Waals surface area contributed by atoms with Crippen LogP contribution in [0.15, 0.2) is 15.9 Å². The Labute approximate surface area is 130 Å². The largest absolute Gasteiger partial charge is 0.391 e. The molecule has 114 valence electrons. The molecule has 1 heterocycles. The summed E-state index contributed by atoms with van der Waals surface area (Å²) in [6.07, 6.45) is -1.10. The zero-order valence-electron chi connectivity index (χ0n) is 11.3. The van der Waals surface area contributed by atoms with Crippen molar-refractivity contribution in [3.63, 3.8) is 0 Å². The molecule has 0 saturated heterocycles. The van der Waals surface area contributed by atoms with Gasteiger partial charge in [0.25, 0.3) is 0 Å². The van der Waals surface area contributed by atoms with Crippen LogP contribution in [0, 0.1) is 11.8 Å². The molecule has 0 spiro atoms. The summed E-state index contributed by atoms with van der Waals surface area (Å²) in [6, 6.07) is 2.18. The van der Waals surface area contributed by atoms with Gasteiger partial charge in [-0.3, -0.25) is 0 Å². The second-order valence-corrected chi connectivity index (χ2v) is 7.41. The Morgan fingerprint density at radius 2 is 2.20 bits per heavy atom. The normalized spacial score (nSPS) is 25.6. The molecule has 2 rings (SSSR count). The summed E-state index contributed by atoms with van der Waals surface area (Å²) in [4.78, 5) is 1.21. The number of rotatable bonds is 4. The number of halogens is 4. The van der Waals surface area contributed by atoms with Crippen molar-refractivity contribution in [3.8, 4) is 0 Å². The molecule has 1 aromatic rings. The van der Waals surface area contributed by atoms with Crippen LogP contribution in [0.4, 0.5) is 13.2 Å². The second-order valence-electron chi connectivity index (χ2n) is 5.50. The zero-order chi connectivity index (χ0) is 14.8. The lowest BCUT2D eigenvalue weighted by Gasteiger charge is -2.35. The van der Waals surface area contributed by atoms with Gasteiger partial charge < -0.3 is 5.32 Å². The van der Waals surface area contributed by atoms with Crippen molar-refractivity contribution < 1.29 is 13.2 Å². The first-order valence-electron chi connectivity index (χ1n) is 6.87. The van der Waals surface area contributed by atoms with E-state index in [2.05, 4.69) is 27.3 Å². The smallest absolute Gasteiger partial charge is 0.316 e. The quantitative estimate of drug-likeness (QED) is 0.786. The molecule has 0 bridgehead atoms. The van der Waals surface area contributed by atoms with E-state index >= 15 is 0 Å². The minimum absolute atomic E-state index is 0.112. The third-order valence-corrected chi connectivity index (χ3v) is 5.88. The molecule has 0 aliphatic heterocycles. The van der Waals surface area contributed by atoms with Crippen LogP contribution < -0.4 is 5.32 Å². The van der Waals surface area contributed by atoms with Gasteiger partial charge in [0.05, 0.1) is 5.92 Å². The van der Waals surface area contributed by atoms with E-state index in [9.17, 15) is 13.2 Å². The van der Waals surface area contributed by atoms with Gasteiger partial charge >= 0.3 is 6.18 Å². The van der Waals surface area contributed by atoms with Gasteiger partial charge in [0.1, 0.15) is 0 Å². The van der Waals surface area contributed by atoms with Gasteiger partial charge in [-0.1, -0.05) is 6.42 Å². The molecule has 1 aliphatic carbocycles. The predicted molar refractivity (Wildman–Crippen MR) is 80.1 cm³/mol. The first-order chi connectivity index (χ1) is 9.40. The molecule has 20 heavy (non-hydrogen) atoms. The first-order valence-corrected chi connectivity index (χ1v) is 8.54. The highest BCUT2D eigenvalue weighted by atomic mass is 79.9. The number of thiophene rings is 1. The highest BCUT2D eigenvalue weighted by Crippen LogP contribution is 2.41. The third-order valence-electron chi connectivity index (χ3n) is 4.16. The Morgan fingerprint density at radius 3 is 2.75 bits per heavy atom. The maximum absolute atomic E-state index is 12.9. The van der Waals surface area contributed by atoms with Crippen molar-refractivity contribution in [2.75, 3.05) is 7.05 Å². The maximum Gasteiger partial charge on any atom is 0.391 e. The molecule has 1 aromatic heterocycles. The van der Waals surface area contributed by atoms with Crippen molar-refractivity contribution >= 4 is 27.3 Å². The van der Waals surface area contributed by atoms with Crippen LogP contribution in [0.3, 0.4) is 0 Å². The second kappa shape index (κ2) is 6.79. The molecule has 1 nitrogen and oxygen atoms in total. The van der Waals surface area contributed by atoms with Crippen LogP contribution in [-0.4, -0.2) is 19.3 Å². The van der Waals surface area contributed by atoms with E-state index in [0.717, 1.165) is 17.3 Å². The van der Waals surface area contributed by atoms with Crippen LogP contribution >= 0.6 is 27.3 Å². The van der Waals surface area contributed by atoms with Gasteiger partial charge in [-0.25, -0.2) is 0 Å². The fourth-order valence-corrected chi connectivity index (χ4v) is 4.58. The Hall–Kier alpha value is -0.0700. The van der Waals surface area contributed by atoms with Crippen molar-refractivity contribution in [1.29, 1.82) is 0 Å². The first kappa shape index (κ1) is 16.3. The van der Waals surface area contributed by atoms with E-state index < -0.39 is 12.1 Å². The van der Waals surface area contributed by atoms with Gasteiger partial charge in [-0.2, -0.15) is 13.2 Å². The molecule has 0 aromatic carbocycles. The monoisotopic (exact) mass is 369 g/mol. The lowest BCUT2D eigenvalue weighted by atomic mass is 9.76. The standard InChI is InChI=1S/C14H19BrF3NS/c1-19-13(7-12-6-11(15)8-20-12)9-3-2-4-10(5-9)14(16,17)18/h6,8-10,13,19H,2-5,7H2,1H3. The number of hydrogen-bond acceptors (Lipinski definition) is 2. The van der Waals surface area contributed by atoms with Gasteiger partial charge in [-0.15, -0.1) is 11.3 Å². The van der Waals surface area contributed by atoms with Crippen LogP contribution in [0.25, 0.3) is 0 Å². The van der Waals surface area contributed by atoms with Gasteiger partial charge in [0, 0.05) is 20.8 Å². The van der Waals surface area contributed by atoms with Gasteiger partial charge in [-0.05, 0) is 60.6 Å². The highest BCUT2D eigenvalue weighted by Gasteiger charge is 2.43. The summed E-state index contributed by atoms with van der Waals surface area (Å²) < 4.78 is 39.7. The SMILES string of the molecule is CNC(Cc1cc(Br)cs1)C1CCCC(C(F)(F)F)C1. The molecule has 1 saturated carbocycles. The number of alkyl halides is 3. The van der Waals surface area contributed by atoms with E-state index in [1.54, 1.807) is 11.3 Å². The number of hydrogen-bond donors (Lipinski definition) is 1. The Kier molecular flexibility index (Phi) is 5.54. The third kappa shape index (κ3) is 4.21. The fraction of sp³-hybridized carbons (Fsp3) is 0.714. The minimum atomic E-state index is -4.04. The van der Waals surface area contributed by atoms with Gasteiger partial charge in [0.15, 0.2) is 0 Å². The van der Waals surface area contributed by atoms with Crippen LogP contribution in [0.5, 0.6) is 0 Å². The molecular formula is C14H19BrF3NS. The van der Waals surface area contributed by atoms with E-state index in [-0.39, 0.29) is 18.4 Å². The summed E-state index contributed by atoms with van der Waals surface area (Å²) in [5.41, 5.74) is 0. The van der Waals surface area contributed by atoms with E-state index in [0.29, 0.717) is 12.8 Å². The topological polar surface area (TPSA) is 12.0 Å².